The highest BCUT2D eigenvalue weighted by Crippen LogP contribution is 2.26. The lowest BCUT2D eigenvalue weighted by Crippen LogP contribution is -2.34. The van der Waals surface area contributed by atoms with Gasteiger partial charge in [-0.1, -0.05) is 58.1 Å². The molecule has 1 aliphatic heterocycles. The SMILES string of the molecule is O=C(CBr)NCCOCCOCCOCCOCCNC(=O)CCC(=O)N1Cc2ccccc2C#Cc2ccccc21. The van der Waals surface area contributed by atoms with Crippen molar-refractivity contribution in [3.05, 3.63) is 65.2 Å². The summed E-state index contributed by atoms with van der Waals surface area (Å²) < 4.78 is 21.7. The van der Waals surface area contributed by atoms with Crippen LogP contribution in [-0.2, 0) is 39.9 Å². The van der Waals surface area contributed by atoms with Gasteiger partial charge in [-0.2, -0.15) is 0 Å². The molecule has 2 N–H and O–H groups in total. The van der Waals surface area contributed by atoms with E-state index in [9.17, 15) is 14.4 Å². The lowest BCUT2D eigenvalue weighted by molar-refractivity contribution is -0.125. The van der Waals surface area contributed by atoms with Crippen molar-refractivity contribution < 1.29 is 33.3 Å². The Morgan fingerprint density at radius 1 is 0.690 bits per heavy atom. The molecule has 42 heavy (non-hydrogen) atoms. The molecule has 11 heteroatoms. The first-order valence-electron chi connectivity index (χ1n) is 14.0. The summed E-state index contributed by atoms with van der Waals surface area (Å²) in [6.07, 6.45) is 0.182. The van der Waals surface area contributed by atoms with Gasteiger partial charge < -0.3 is 34.5 Å². The van der Waals surface area contributed by atoms with Crippen LogP contribution < -0.4 is 15.5 Å². The normalized spacial score (nSPS) is 11.8. The topological polar surface area (TPSA) is 115 Å². The van der Waals surface area contributed by atoms with Gasteiger partial charge in [0, 0.05) is 37.1 Å². The lowest BCUT2D eigenvalue weighted by atomic mass is 10.0. The first kappa shape index (κ1) is 33.2. The van der Waals surface area contributed by atoms with Crippen LogP contribution in [0.25, 0.3) is 0 Å². The molecule has 2 aromatic carbocycles. The largest absolute Gasteiger partial charge is 0.377 e. The van der Waals surface area contributed by atoms with E-state index in [0.717, 1.165) is 22.4 Å². The molecule has 1 heterocycles. The van der Waals surface area contributed by atoms with Gasteiger partial charge in [0.25, 0.3) is 0 Å². The number of nitrogens with zero attached hydrogens (tertiary/aromatic N) is 1. The third-order valence-electron chi connectivity index (χ3n) is 6.11. The summed E-state index contributed by atoms with van der Waals surface area (Å²) in [6.45, 7) is 4.61. The molecule has 0 spiro atoms. The van der Waals surface area contributed by atoms with Crippen molar-refractivity contribution >= 4 is 39.3 Å². The molecule has 2 aromatic rings. The molecule has 0 aliphatic carbocycles. The number of hydrogen-bond donors (Lipinski definition) is 2. The molecule has 1 aliphatic rings. The molecule has 0 saturated heterocycles. The summed E-state index contributed by atoms with van der Waals surface area (Å²) in [4.78, 5) is 38.3. The van der Waals surface area contributed by atoms with Crippen molar-refractivity contribution in [1.29, 1.82) is 0 Å². The van der Waals surface area contributed by atoms with Gasteiger partial charge >= 0.3 is 0 Å². The fourth-order valence-corrected chi connectivity index (χ4v) is 4.18. The van der Waals surface area contributed by atoms with Gasteiger partial charge in [-0.25, -0.2) is 0 Å². The predicted molar refractivity (Wildman–Crippen MR) is 162 cm³/mol. The number of amides is 3. The van der Waals surface area contributed by atoms with E-state index in [-0.39, 0.29) is 35.9 Å². The summed E-state index contributed by atoms with van der Waals surface area (Å²) >= 11 is 3.07. The molecule has 10 nitrogen and oxygen atoms in total. The molecule has 0 unspecified atom stereocenters. The second kappa shape index (κ2) is 19.8. The highest BCUT2D eigenvalue weighted by molar-refractivity contribution is 9.09. The van der Waals surface area contributed by atoms with Crippen molar-refractivity contribution in [3.63, 3.8) is 0 Å². The van der Waals surface area contributed by atoms with E-state index in [0.29, 0.717) is 72.5 Å². The van der Waals surface area contributed by atoms with Gasteiger partial charge in [-0.15, -0.1) is 0 Å². The van der Waals surface area contributed by atoms with Crippen LogP contribution in [0.3, 0.4) is 0 Å². The standard InChI is InChI=1S/C31H38BrN3O7/c32-23-30(37)34-14-16-40-18-20-42-22-21-41-19-17-39-15-13-33-29(36)11-12-31(38)35-24-27-7-2-1-5-25(27)9-10-26-6-3-4-8-28(26)35/h1-8H,11-24H2,(H,33,36)(H,34,37). The summed E-state index contributed by atoms with van der Waals surface area (Å²) in [5, 5.41) is 5.77. The molecule has 0 atom stereocenters. The highest BCUT2D eigenvalue weighted by Gasteiger charge is 2.21. The second-order valence-corrected chi connectivity index (χ2v) is 9.75. The Hall–Kier alpha value is -3.27. The number of carbonyl (C=O) groups excluding carboxylic acids is 3. The number of hydrogen-bond acceptors (Lipinski definition) is 7. The van der Waals surface area contributed by atoms with Gasteiger partial charge in [-0.3, -0.25) is 14.4 Å². The van der Waals surface area contributed by atoms with E-state index in [1.54, 1.807) is 4.90 Å². The van der Waals surface area contributed by atoms with E-state index in [2.05, 4.69) is 38.4 Å². The van der Waals surface area contributed by atoms with Gasteiger partial charge in [-0.05, 0) is 23.8 Å². The number of ether oxygens (including phenoxy) is 4. The molecular formula is C31H38BrN3O7. The molecule has 0 radical (unpaired) electrons. The molecule has 226 valence electrons. The summed E-state index contributed by atoms with van der Waals surface area (Å²) in [5.74, 6) is 5.98. The van der Waals surface area contributed by atoms with Crippen LogP contribution in [0, 0.1) is 11.8 Å². The fourth-order valence-electron chi connectivity index (χ4n) is 3.99. The van der Waals surface area contributed by atoms with Crippen LogP contribution in [0.1, 0.15) is 29.5 Å². The van der Waals surface area contributed by atoms with E-state index in [4.69, 9.17) is 18.9 Å². The Labute approximate surface area is 255 Å². The van der Waals surface area contributed by atoms with E-state index < -0.39 is 0 Å². The summed E-state index contributed by atoms with van der Waals surface area (Å²) in [7, 11) is 0. The highest BCUT2D eigenvalue weighted by atomic mass is 79.9. The number of rotatable bonds is 19. The number of alkyl halides is 1. The van der Waals surface area contributed by atoms with Crippen molar-refractivity contribution in [3.8, 4) is 11.8 Å². The van der Waals surface area contributed by atoms with E-state index >= 15 is 0 Å². The maximum atomic E-state index is 13.2. The molecule has 0 aromatic heterocycles. The number of halogens is 1. The van der Waals surface area contributed by atoms with Crippen molar-refractivity contribution in [2.24, 2.45) is 0 Å². The van der Waals surface area contributed by atoms with Gasteiger partial charge in [0.15, 0.2) is 0 Å². The van der Waals surface area contributed by atoms with Gasteiger partial charge in [0.05, 0.1) is 70.4 Å². The Kier molecular flexibility index (Phi) is 15.7. The molecule has 0 bridgehead atoms. The molecule has 3 rings (SSSR count). The van der Waals surface area contributed by atoms with Crippen molar-refractivity contribution in [1.82, 2.24) is 10.6 Å². The minimum absolute atomic E-state index is 0.0708. The second-order valence-electron chi connectivity index (χ2n) is 9.19. The zero-order valence-corrected chi connectivity index (χ0v) is 25.3. The number of para-hydroxylation sites is 1. The van der Waals surface area contributed by atoms with E-state index in [1.807, 2.05) is 48.5 Å². The van der Waals surface area contributed by atoms with Gasteiger partial charge in [0.1, 0.15) is 0 Å². The van der Waals surface area contributed by atoms with Gasteiger partial charge in [0.2, 0.25) is 17.7 Å². The number of benzene rings is 2. The maximum Gasteiger partial charge on any atom is 0.230 e. The molecule has 0 fully saturated rings. The summed E-state index contributed by atoms with van der Waals surface area (Å²) in [6, 6.07) is 15.4. The zero-order chi connectivity index (χ0) is 29.8. The maximum absolute atomic E-state index is 13.2. The fraction of sp³-hybridized carbons (Fsp3) is 0.452. The number of nitrogens with one attached hydrogen (secondary N) is 2. The third-order valence-corrected chi connectivity index (χ3v) is 6.62. The first-order chi connectivity index (χ1) is 20.6. The molecule has 3 amide bonds. The Bertz CT molecular complexity index is 1210. The van der Waals surface area contributed by atoms with Crippen molar-refractivity contribution in [2.45, 2.75) is 19.4 Å². The van der Waals surface area contributed by atoms with Crippen LogP contribution in [0.4, 0.5) is 5.69 Å². The molecule has 0 saturated carbocycles. The quantitative estimate of drug-likeness (QED) is 0.137. The average molecular weight is 645 g/mol. The molecular weight excluding hydrogens is 606 g/mol. The Morgan fingerprint density at radius 2 is 1.21 bits per heavy atom. The monoisotopic (exact) mass is 643 g/mol. The number of fused-ring (bicyclic) bond motifs is 2. The van der Waals surface area contributed by atoms with E-state index in [1.165, 1.54) is 0 Å². The summed E-state index contributed by atoms with van der Waals surface area (Å²) in [5.41, 5.74) is 3.41. The first-order valence-corrected chi connectivity index (χ1v) is 15.1. The zero-order valence-electron chi connectivity index (χ0n) is 23.7. The Balaban J connectivity index is 1.21. The number of carbonyl (C=O) groups is 3. The number of anilines is 1. The average Bonchev–Trinajstić information content (AvgIpc) is 3.00. The van der Waals surface area contributed by atoms with Crippen LogP contribution in [0.15, 0.2) is 48.5 Å². The predicted octanol–water partition coefficient (Wildman–Crippen LogP) is 2.41. The lowest BCUT2D eigenvalue weighted by Gasteiger charge is -2.26. The minimum Gasteiger partial charge on any atom is -0.377 e. The van der Waals surface area contributed by atoms with Crippen LogP contribution >= 0.6 is 15.9 Å². The smallest absolute Gasteiger partial charge is 0.230 e. The van der Waals surface area contributed by atoms with Crippen molar-refractivity contribution in [2.75, 3.05) is 76.2 Å². The van der Waals surface area contributed by atoms with Crippen LogP contribution in [0.5, 0.6) is 0 Å². The Morgan fingerprint density at radius 3 is 1.86 bits per heavy atom. The minimum atomic E-state index is -0.200. The van der Waals surface area contributed by atoms with Crippen LogP contribution in [-0.4, -0.2) is 89.0 Å². The third kappa shape index (κ3) is 12.3. The van der Waals surface area contributed by atoms with Crippen LogP contribution in [0.2, 0.25) is 0 Å².